The summed E-state index contributed by atoms with van der Waals surface area (Å²) in [5.41, 5.74) is 5.27. The predicted molar refractivity (Wildman–Crippen MR) is 75.0 cm³/mol. The molecule has 0 bridgehead atoms. The van der Waals surface area contributed by atoms with E-state index in [1.807, 2.05) is 0 Å². The van der Waals surface area contributed by atoms with Crippen LogP contribution in [0, 0.1) is 11.6 Å². The van der Waals surface area contributed by atoms with E-state index in [4.69, 9.17) is 5.73 Å². The highest BCUT2D eigenvalue weighted by Crippen LogP contribution is 2.26. The molecule has 1 unspecified atom stereocenters. The first kappa shape index (κ1) is 17.0. The standard InChI is InChI=1S/C11H13BrF2N2O3S/c1-20(18,19)3-2-9(15)11(17)16-10-7(12)4-6(13)5-8(10)14/h4-5,9H,2-3,15H2,1H3,(H,16,17). The van der Waals surface area contributed by atoms with Crippen LogP contribution in [0.15, 0.2) is 16.6 Å². The summed E-state index contributed by atoms with van der Waals surface area (Å²) in [4.78, 5) is 11.7. The van der Waals surface area contributed by atoms with Gasteiger partial charge in [-0.25, -0.2) is 17.2 Å². The Kier molecular flexibility index (Phi) is 5.60. The average molecular weight is 371 g/mol. The highest BCUT2D eigenvalue weighted by Gasteiger charge is 2.19. The molecule has 0 radical (unpaired) electrons. The van der Waals surface area contributed by atoms with E-state index in [0.717, 1.165) is 12.3 Å². The van der Waals surface area contributed by atoms with Crippen molar-refractivity contribution in [3.63, 3.8) is 0 Å². The van der Waals surface area contributed by atoms with Crippen LogP contribution >= 0.6 is 15.9 Å². The molecule has 0 spiro atoms. The van der Waals surface area contributed by atoms with Crippen LogP contribution in [0.3, 0.4) is 0 Å². The van der Waals surface area contributed by atoms with E-state index in [2.05, 4.69) is 21.2 Å². The van der Waals surface area contributed by atoms with Crippen LogP contribution in [0.25, 0.3) is 0 Å². The molecule has 0 aromatic heterocycles. The smallest absolute Gasteiger partial charge is 0.241 e. The van der Waals surface area contributed by atoms with Gasteiger partial charge < -0.3 is 11.1 Å². The molecule has 3 N–H and O–H groups in total. The van der Waals surface area contributed by atoms with Gasteiger partial charge in [-0.2, -0.15) is 0 Å². The number of anilines is 1. The summed E-state index contributed by atoms with van der Waals surface area (Å²) in [6.45, 7) is 0. The summed E-state index contributed by atoms with van der Waals surface area (Å²) < 4.78 is 48.3. The van der Waals surface area contributed by atoms with Crippen molar-refractivity contribution in [1.82, 2.24) is 0 Å². The number of halogens is 3. The van der Waals surface area contributed by atoms with Crippen LogP contribution in [0.4, 0.5) is 14.5 Å². The van der Waals surface area contributed by atoms with E-state index in [-0.39, 0.29) is 22.3 Å². The highest BCUT2D eigenvalue weighted by molar-refractivity contribution is 9.10. The van der Waals surface area contributed by atoms with Gasteiger partial charge in [0.25, 0.3) is 0 Å². The second kappa shape index (κ2) is 6.59. The fraction of sp³-hybridized carbons (Fsp3) is 0.364. The second-order valence-electron chi connectivity index (χ2n) is 4.26. The van der Waals surface area contributed by atoms with Crippen LogP contribution in [0.1, 0.15) is 6.42 Å². The van der Waals surface area contributed by atoms with Crippen molar-refractivity contribution in [3.8, 4) is 0 Å². The molecule has 9 heteroatoms. The Bertz CT molecular complexity index is 599. The molecule has 1 aromatic rings. The van der Waals surface area contributed by atoms with Crippen molar-refractivity contribution < 1.29 is 22.0 Å². The molecule has 1 atom stereocenters. The van der Waals surface area contributed by atoms with Crippen LogP contribution in [-0.4, -0.2) is 32.4 Å². The summed E-state index contributed by atoms with van der Waals surface area (Å²) >= 11 is 2.91. The van der Waals surface area contributed by atoms with Gasteiger partial charge in [-0.15, -0.1) is 0 Å². The molecule has 5 nitrogen and oxygen atoms in total. The minimum Gasteiger partial charge on any atom is -0.321 e. The zero-order valence-electron chi connectivity index (χ0n) is 10.5. The Balaban J connectivity index is 2.76. The maximum atomic E-state index is 13.5. The molecule has 0 aliphatic carbocycles. The minimum atomic E-state index is -3.24. The van der Waals surface area contributed by atoms with Crippen molar-refractivity contribution in [2.45, 2.75) is 12.5 Å². The Labute approximate surface area is 123 Å². The molecule has 112 valence electrons. The fourth-order valence-corrected chi connectivity index (χ4v) is 2.54. The Morgan fingerprint density at radius 3 is 2.55 bits per heavy atom. The van der Waals surface area contributed by atoms with E-state index in [1.165, 1.54) is 0 Å². The zero-order chi connectivity index (χ0) is 15.5. The first-order chi connectivity index (χ1) is 9.10. The molecule has 0 saturated heterocycles. The molecule has 0 fully saturated rings. The average Bonchev–Trinajstić information content (AvgIpc) is 2.29. The van der Waals surface area contributed by atoms with Gasteiger partial charge in [0.05, 0.1) is 17.5 Å². The van der Waals surface area contributed by atoms with Crippen LogP contribution < -0.4 is 11.1 Å². The van der Waals surface area contributed by atoms with E-state index >= 15 is 0 Å². The Hall–Kier alpha value is -1.06. The first-order valence-corrected chi connectivity index (χ1v) is 8.34. The van der Waals surface area contributed by atoms with Gasteiger partial charge >= 0.3 is 0 Å². The number of hydrogen-bond acceptors (Lipinski definition) is 4. The van der Waals surface area contributed by atoms with Crippen LogP contribution in [0.2, 0.25) is 0 Å². The van der Waals surface area contributed by atoms with Crippen molar-refractivity contribution in [1.29, 1.82) is 0 Å². The number of amides is 1. The summed E-state index contributed by atoms with van der Waals surface area (Å²) in [6.07, 6.45) is 0.930. The molecule has 0 aliphatic heterocycles. The third-order valence-electron chi connectivity index (χ3n) is 2.39. The lowest BCUT2D eigenvalue weighted by Gasteiger charge is -2.13. The Morgan fingerprint density at radius 2 is 2.05 bits per heavy atom. The molecule has 0 heterocycles. The van der Waals surface area contributed by atoms with Gasteiger partial charge in [0.2, 0.25) is 5.91 Å². The first-order valence-electron chi connectivity index (χ1n) is 5.49. The van der Waals surface area contributed by atoms with Gasteiger partial charge in [-0.3, -0.25) is 4.79 Å². The number of benzene rings is 1. The maximum absolute atomic E-state index is 13.5. The van der Waals surface area contributed by atoms with E-state index in [0.29, 0.717) is 6.07 Å². The van der Waals surface area contributed by atoms with Gasteiger partial charge in [0, 0.05) is 16.8 Å². The lowest BCUT2D eigenvalue weighted by atomic mass is 10.2. The third kappa shape index (κ3) is 5.14. The maximum Gasteiger partial charge on any atom is 0.241 e. The number of rotatable bonds is 5. The molecule has 0 saturated carbocycles. The molecule has 1 amide bonds. The topological polar surface area (TPSA) is 89.3 Å². The number of carbonyl (C=O) groups excluding carboxylic acids is 1. The summed E-state index contributed by atoms with van der Waals surface area (Å²) in [5.74, 6) is -2.76. The molecular formula is C11H13BrF2N2O3S. The van der Waals surface area contributed by atoms with Crippen molar-refractivity contribution >= 4 is 37.4 Å². The predicted octanol–water partition coefficient (Wildman–Crippen LogP) is 1.43. The summed E-state index contributed by atoms with van der Waals surface area (Å²) in [6, 6.07) is 0.490. The largest absolute Gasteiger partial charge is 0.321 e. The Morgan fingerprint density at radius 1 is 1.45 bits per heavy atom. The number of sulfone groups is 1. The third-order valence-corrected chi connectivity index (χ3v) is 3.99. The number of nitrogens with one attached hydrogen (secondary N) is 1. The summed E-state index contributed by atoms with van der Waals surface area (Å²) in [7, 11) is -3.24. The van der Waals surface area contributed by atoms with E-state index < -0.39 is 33.4 Å². The van der Waals surface area contributed by atoms with Crippen molar-refractivity contribution in [2.75, 3.05) is 17.3 Å². The number of nitrogens with two attached hydrogens (primary N) is 1. The van der Waals surface area contributed by atoms with Gasteiger partial charge in [-0.1, -0.05) is 0 Å². The van der Waals surface area contributed by atoms with Crippen molar-refractivity contribution in [3.05, 3.63) is 28.2 Å². The van der Waals surface area contributed by atoms with E-state index in [9.17, 15) is 22.0 Å². The molecule has 1 aromatic carbocycles. The highest BCUT2D eigenvalue weighted by atomic mass is 79.9. The normalized spacial score (nSPS) is 13.1. The molecule has 0 aliphatic rings. The minimum absolute atomic E-state index is 0.0265. The van der Waals surface area contributed by atoms with Gasteiger partial charge in [-0.05, 0) is 28.4 Å². The molecular weight excluding hydrogens is 358 g/mol. The van der Waals surface area contributed by atoms with Gasteiger partial charge in [0.1, 0.15) is 15.7 Å². The quantitative estimate of drug-likeness (QED) is 0.820. The summed E-state index contributed by atoms with van der Waals surface area (Å²) in [5, 5.41) is 2.19. The number of carbonyl (C=O) groups is 1. The van der Waals surface area contributed by atoms with E-state index in [1.54, 1.807) is 0 Å². The fourth-order valence-electron chi connectivity index (χ4n) is 1.35. The second-order valence-corrected chi connectivity index (χ2v) is 7.37. The number of hydrogen-bond donors (Lipinski definition) is 2. The van der Waals surface area contributed by atoms with Gasteiger partial charge in [0.15, 0.2) is 5.82 Å². The molecule has 20 heavy (non-hydrogen) atoms. The molecule has 1 rings (SSSR count). The monoisotopic (exact) mass is 370 g/mol. The zero-order valence-corrected chi connectivity index (χ0v) is 12.9. The lowest BCUT2D eigenvalue weighted by Crippen LogP contribution is -2.37. The SMILES string of the molecule is CS(=O)(=O)CCC(N)C(=O)Nc1c(F)cc(F)cc1Br. The lowest BCUT2D eigenvalue weighted by molar-refractivity contribution is -0.117. The van der Waals surface area contributed by atoms with Crippen LogP contribution in [0.5, 0.6) is 0 Å². The van der Waals surface area contributed by atoms with Crippen molar-refractivity contribution in [2.24, 2.45) is 5.73 Å². The van der Waals surface area contributed by atoms with Crippen LogP contribution in [-0.2, 0) is 14.6 Å².